The number of oxime groups is 1. The summed E-state index contributed by atoms with van der Waals surface area (Å²) in [6.45, 7) is -0.373. The molecule has 3 rings (SSSR count). The van der Waals surface area contributed by atoms with E-state index in [1.165, 1.54) is 16.7 Å². The first-order valence-electron chi connectivity index (χ1n) is 7.34. The van der Waals surface area contributed by atoms with E-state index in [1.54, 1.807) is 0 Å². The summed E-state index contributed by atoms with van der Waals surface area (Å²) in [6.07, 6.45) is 0. The fraction of sp³-hybridized carbons (Fsp3) is 0.417. The minimum Gasteiger partial charge on any atom is -0.477 e. The number of carboxylic acid groups (broad SMARTS) is 2. The van der Waals surface area contributed by atoms with E-state index in [9.17, 15) is 19.5 Å². The lowest BCUT2D eigenvalue weighted by Gasteiger charge is -2.48. The van der Waals surface area contributed by atoms with Gasteiger partial charge in [0.25, 0.3) is 0 Å². The largest absolute Gasteiger partial charge is 0.477 e. The lowest BCUT2D eigenvalue weighted by Crippen LogP contribution is -2.68. The van der Waals surface area contributed by atoms with Crippen molar-refractivity contribution in [2.75, 3.05) is 11.5 Å². The Bertz CT molecular complexity index is 868. The number of hydrogen-bond acceptors (Lipinski definition) is 11. The summed E-state index contributed by atoms with van der Waals surface area (Å²) in [4.78, 5) is 35.6. The molecule has 5 N–H and O–H groups in total. The molecule has 0 aliphatic carbocycles. The van der Waals surface area contributed by atoms with Crippen LogP contribution in [0.2, 0.25) is 0 Å². The number of β-lactam (4-membered cyclic amide) rings is 1. The zero-order valence-electron chi connectivity index (χ0n) is 13.4. The predicted molar refractivity (Wildman–Crippen MR) is 91.1 cm³/mol. The van der Waals surface area contributed by atoms with Gasteiger partial charge in [-0.05, 0) is 16.0 Å². The molecule has 0 spiro atoms. The highest BCUT2D eigenvalue weighted by Crippen LogP contribution is 2.40. The first-order valence-corrected chi connectivity index (χ1v) is 9.37. The summed E-state index contributed by atoms with van der Waals surface area (Å²) < 4.78 is 1.11. The second kappa shape index (κ2) is 7.53. The van der Waals surface area contributed by atoms with E-state index in [2.05, 4.69) is 20.7 Å². The second-order valence-electron chi connectivity index (χ2n) is 5.45. The topological polar surface area (TPSA) is 197 Å². The standard InChI is InChI=1S/C12H13N7O6S2/c13-6-8(20)19-7(11(23)24)4(2-26-9(6)19)3-27-12-14-16-17-18(12)1-5(15-25)10(21)22/h6,9,25H,1-3,13H2,(H,21,22)(H,23,24)/b15-5+/t6?,9-/m1/s1. The zero-order valence-corrected chi connectivity index (χ0v) is 15.1. The molecule has 0 saturated carbocycles. The number of carbonyl (C=O) groups excluding carboxylic acids is 1. The first kappa shape index (κ1) is 19.1. The highest BCUT2D eigenvalue weighted by molar-refractivity contribution is 8.01. The molecular formula is C12H13N7O6S2. The minimum atomic E-state index is -1.43. The number of amides is 1. The number of fused-ring (bicyclic) bond motifs is 1. The number of nitrogens with zero attached hydrogens (tertiary/aromatic N) is 6. The Hall–Kier alpha value is -2.65. The number of thioether (sulfide) groups is 2. The molecule has 0 radical (unpaired) electrons. The molecule has 2 aliphatic heterocycles. The second-order valence-corrected chi connectivity index (χ2v) is 7.50. The molecule has 1 aromatic rings. The van der Waals surface area contributed by atoms with Crippen LogP contribution in [0.15, 0.2) is 21.6 Å². The van der Waals surface area contributed by atoms with Gasteiger partial charge >= 0.3 is 11.9 Å². The summed E-state index contributed by atoms with van der Waals surface area (Å²) in [6, 6.07) is -0.710. The van der Waals surface area contributed by atoms with Crippen molar-refractivity contribution in [3.05, 3.63) is 11.3 Å². The van der Waals surface area contributed by atoms with Crippen molar-refractivity contribution in [2.24, 2.45) is 10.9 Å². The van der Waals surface area contributed by atoms with Gasteiger partial charge in [0.1, 0.15) is 17.1 Å². The van der Waals surface area contributed by atoms with E-state index in [0.29, 0.717) is 11.3 Å². The molecule has 1 aromatic heterocycles. The number of rotatable bonds is 7. The summed E-state index contributed by atoms with van der Waals surface area (Å²) in [5, 5.41) is 40.4. The third-order valence-corrected chi connectivity index (χ3v) is 6.24. The van der Waals surface area contributed by atoms with Crippen LogP contribution in [0.3, 0.4) is 0 Å². The number of carbonyl (C=O) groups is 3. The Kier molecular flexibility index (Phi) is 5.33. The summed E-state index contributed by atoms with van der Waals surface area (Å²) >= 11 is 2.44. The van der Waals surface area contributed by atoms with Gasteiger partial charge in [-0.1, -0.05) is 16.9 Å². The molecule has 2 atom stereocenters. The van der Waals surface area contributed by atoms with Crippen molar-refractivity contribution in [1.82, 2.24) is 25.1 Å². The number of aromatic nitrogens is 4. The number of carboxylic acids is 2. The van der Waals surface area contributed by atoms with Gasteiger partial charge in [-0.25, -0.2) is 14.3 Å². The first-order chi connectivity index (χ1) is 12.8. The zero-order chi connectivity index (χ0) is 19.7. The van der Waals surface area contributed by atoms with E-state index in [1.807, 2.05) is 0 Å². The molecule has 27 heavy (non-hydrogen) atoms. The average molecular weight is 415 g/mol. The maximum Gasteiger partial charge on any atom is 0.355 e. The fourth-order valence-electron chi connectivity index (χ4n) is 2.53. The molecule has 3 heterocycles. The predicted octanol–water partition coefficient (Wildman–Crippen LogP) is -1.74. The SMILES string of the molecule is NC1C(=O)N2C(C(=O)O)=C(CSc3nnnn3C/C(=N\O)C(=O)O)CS[C@H]12. The molecule has 0 bridgehead atoms. The van der Waals surface area contributed by atoms with Crippen LogP contribution < -0.4 is 5.73 Å². The average Bonchev–Trinajstić information content (AvgIpc) is 3.09. The maximum atomic E-state index is 11.9. The Morgan fingerprint density at radius 2 is 2.15 bits per heavy atom. The number of aliphatic carboxylic acids is 2. The van der Waals surface area contributed by atoms with Crippen LogP contribution in [0.5, 0.6) is 0 Å². The Balaban J connectivity index is 1.77. The summed E-state index contributed by atoms with van der Waals surface area (Å²) in [7, 11) is 0. The van der Waals surface area contributed by atoms with E-state index < -0.39 is 29.6 Å². The monoisotopic (exact) mass is 415 g/mol. The molecule has 144 valence electrons. The van der Waals surface area contributed by atoms with Crippen molar-refractivity contribution >= 4 is 47.1 Å². The van der Waals surface area contributed by atoms with Crippen LogP contribution in [-0.4, -0.2) is 87.0 Å². The Morgan fingerprint density at radius 3 is 2.78 bits per heavy atom. The van der Waals surface area contributed by atoms with Gasteiger partial charge in [-0.2, -0.15) is 0 Å². The normalized spacial score (nSPS) is 22.5. The van der Waals surface area contributed by atoms with Crippen LogP contribution in [-0.2, 0) is 20.9 Å². The fourth-order valence-corrected chi connectivity index (χ4v) is 4.83. The van der Waals surface area contributed by atoms with Gasteiger partial charge in [0.05, 0.1) is 6.54 Å². The lowest BCUT2D eigenvalue weighted by atomic mass is 10.0. The number of tetrazole rings is 1. The molecule has 13 nitrogen and oxygen atoms in total. The van der Waals surface area contributed by atoms with Crippen molar-refractivity contribution in [2.45, 2.75) is 23.1 Å². The third-order valence-electron chi connectivity index (χ3n) is 3.83. The van der Waals surface area contributed by atoms with E-state index in [4.69, 9.17) is 16.0 Å². The van der Waals surface area contributed by atoms with E-state index >= 15 is 0 Å². The molecule has 2 aliphatic rings. The van der Waals surface area contributed by atoms with Gasteiger partial charge in [-0.15, -0.1) is 16.9 Å². The van der Waals surface area contributed by atoms with Crippen LogP contribution in [0.4, 0.5) is 0 Å². The maximum absolute atomic E-state index is 11.9. The highest BCUT2D eigenvalue weighted by atomic mass is 32.2. The van der Waals surface area contributed by atoms with Gasteiger partial charge in [0, 0.05) is 11.5 Å². The quantitative estimate of drug-likeness (QED) is 0.129. The molecular weight excluding hydrogens is 402 g/mol. The van der Waals surface area contributed by atoms with Crippen LogP contribution >= 0.6 is 23.5 Å². The molecule has 15 heteroatoms. The van der Waals surface area contributed by atoms with Gasteiger partial charge in [0.2, 0.25) is 11.1 Å². The Labute approximate surface area is 159 Å². The smallest absolute Gasteiger partial charge is 0.355 e. The summed E-state index contributed by atoms with van der Waals surface area (Å²) in [5.74, 6) is -2.56. The van der Waals surface area contributed by atoms with Crippen molar-refractivity contribution in [3.8, 4) is 0 Å². The molecule has 1 unspecified atom stereocenters. The summed E-state index contributed by atoms with van der Waals surface area (Å²) in [5.41, 5.74) is 5.53. The van der Waals surface area contributed by atoms with Crippen LogP contribution in [0.25, 0.3) is 0 Å². The van der Waals surface area contributed by atoms with Crippen molar-refractivity contribution < 1.29 is 29.8 Å². The molecule has 1 fully saturated rings. The van der Waals surface area contributed by atoms with Crippen molar-refractivity contribution in [3.63, 3.8) is 0 Å². The minimum absolute atomic E-state index is 0.0971. The van der Waals surface area contributed by atoms with Gasteiger partial charge in [0.15, 0.2) is 5.71 Å². The van der Waals surface area contributed by atoms with Crippen LogP contribution in [0, 0.1) is 0 Å². The van der Waals surface area contributed by atoms with Crippen molar-refractivity contribution in [1.29, 1.82) is 0 Å². The Morgan fingerprint density at radius 1 is 1.41 bits per heavy atom. The lowest BCUT2D eigenvalue weighted by molar-refractivity contribution is -0.147. The highest BCUT2D eigenvalue weighted by Gasteiger charge is 2.51. The molecule has 0 aromatic carbocycles. The van der Waals surface area contributed by atoms with Crippen LogP contribution in [0.1, 0.15) is 0 Å². The number of nitrogens with two attached hydrogens (primary N) is 1. The van der Waals surface area contributed by atoms with Gasteiger partial charge in [-0.3, -0.25) is 9.69 Å². The number of hydrogen-bond donors (Lipinski definition) is 4. The van der Waals surface area contributed by atoms with E-state index in [0.717, 1.165) is 16.4 Å². The molecule has 1 amide bonds. The molecule has 1 saturated heterocycles. The van der Waals surface area contributed by atoms with Gasteiger partial charge < -0.3 is 21.2 Å². The third kappa shape index (κ3) is 3.47. The van der Waals surface area contributed by atoms with E-state index in [-0.39, 0.29) is 28.5 Å².